The van der Waals surface area contributed by atoms with Gasteiger partial charge in [-0.1, -0.05) is 52.0 Å². The quantitative estimate of drug-likeness (QED) is 0.246. The highest BCUT2D eigenvalue weighted by Crippen LogP contribution is 2.30. The van der Waals surface area contributed by atoms with Crippen molar-refractivity contribution in [3.05, 3.63) is 59.7 Å². The largest absolute Gasteiger partial charge is 0.490 e. The zero-order valence-electron chi connectivity index (χ0n) is 21.0. The van der Waals surface area contributed by atoms with Crippen molar-refractivity contribution in [3.8, 4) is 23.0 Å². The molecule has 0 unspecified atom stereocenters. The second-order valence-electron chi connectivity index (χ2n) is 7.88. The average molecular weight is 467 g/mol. The molecule has 0 saturated heterocycles. The SMILES string of the molecule is CCCOc1ccc(C=CC(=O)C=Cc2ccc(OCCC)c(OCCC)c2)cc1OCCC. The number of ketones is 1. The molecule has 0 amide bonds. The minimum atomic E-state index is -0.107. The Hall–Kier alpha value is -3.21. The summed E-state index contributed by atoms with van der Waals surface area (Å²) < 4.78 is 23.2. The maximum atomic E-state index is 12.4. The van der Waals surface area contributed by atoms with E-state index in [2.05, 4.69) is 27.7 Å². The number of hydrogen-bond acceptors (Lipinski definition) is 5. The van der Waals surface area contributed by atoms with E-state index in [4.69, 9.17) is 18.9 Å². The van der Waals surface area contributed by atoms with E-state index in [1.54, 1.807) is 24.3 Å². The first-order valence-electron chi connectivity index (χ1n) is 12.3. The van der Waals surface area contributed by atoms with E-state index in [9.17, 15) is 4.79 Å². The van der Waals surface area contributed by atoms with E-state index in [1.165, 1.54) is 0 Å². The van der Waals surface area contributed by atoms with Gasteiger partial charge in [-0.25, -0.2) is 0 Å². The van der Waals surface area contributed by atoms with Gasteiger partial charge in [-0.05, 0) is 73.2 Å². The average Bonchev–Trinajstić information content (AvgIpc) is 2.86. The van der Waals surface area contributed by atoms with Crippen LogP contribution in [-0.4, -0.2) is 32.2 Å². The van der Waals surface area contributed by atoms with Crippen molar-refractivity contribution >= 4 is 17.9 Å². The molecule has 2 rings (SSSR count). The summed E-state index contributed by atoms with van der Waals surface area (Å²) in [4.78, 5) is 12.4. The zero-order valence-corrected chi connectivity index (χ0v) is 21.0. The van der Waals surface area contributed by atoms with Crippen LogP contribution in [0.1, 0.15) is 64.5 Å². The minimum Gasteiger partial charge on any atom is -0.490 e. The summed E-state index contributed by atoms with van der Waals surface area (Å²) in [6.07, 6.45) is 10.3. The smallest absolute Gasteiger partial charge is 0.178 e. The van der Waals surface area contributed by atoms with Gasteiger partial charge in [-0.2, -0.15) is 0 Å². The normalized spacial score (nSPS) is 11.2. The Kier molecular flexibility index (Phi) is 12.4. The zero-order chi connectivity index (χ0) is 24.6. The third kappa shape index (κ3) is 9.34. The number of rotatable bonds is 16. The molecule has 34 heavy (non-hydrogen) atoms. The van der Waals surface area contributed by atoms with Gasteiger partial charge in [0.1, 0.15) is 0 Å². The van der Waals surface area contributed by atoms with Crippen molar-refractivity contribution in [2.24, 2.45) is 0 Å². The summed E-state index contributed by atoms with van der Waals surface area (Å²) in [6.45, 7) is 10.8. The summed E-state index contributed by atoms with van der Waals surface area (Å²) in [7, 11) is 0. The Morgan fingerprint density at radius 1 is 0.588 bits per heavy atom. The minimum absolute atomic E-state index is 0.107. The Morgan fingerprint density at radius 2 is 0.941 bits per heavy atom. The van der Waals surface area contributed by atoms with Gasteiger partial charge >= 0.3 is 0 Å². The molecule has 5 heteroatoms. The van der Waals surface area contributed by atoms with Gasteiger partial charge in [0.15, 0.2) is 28.8 Å². The van der Waals surface area contributed by atoms with Gasteiger partial charge in [0, 0.05) is 0 Å². The predicted octanol–water partition coefficient (Wildman–Crippen LogP) is 7.14. The van der Waals surface area contributed by atoms with E-state index in [-0.39, 0.29) is 5.78 Å². The molecule has 0 bridgehead atoms. The molecule has 0 atom stereocenters. The molecule has 184 valence electrons. The van der Waals surface area contributed by atoms with Crippen LogP contribution in [-0.2, 0) is 4.79 Å². The van der Waals surface area contributed by atoms with Crippen molar-refractivity contribution in [3.63, 3.8) is 0 Å². The molecule has 0 heterocycles. The molecule has 2 aromatic carbocycles. The van der Waals surface area contributed by atoms with Crippen LogP contribution in [0.5, 0.6) is 23.0 Å². The first-order valence-corrected chi connectivity index (χ1v) is 12.3. The van der Waals surface area contributed by atoms with Crippen LogP contribution < -0.4 is 18.9 Å². The van der Waals surface area contributed by atoms with E-state index < -0.39 is 0 Å². The fraction of sp³-hybridized carbons (Fsp3) is 0.414. The molecular weight excluding hydrogens is 428 g/mol. The monoisotopic (exact) mass is 466 g/mol. The molecule has 0 aromatic heterocycles. The maximum Gasteiger partial charge on any atom is 0.178 e. The summed E-state index contributed by atoms with van der Waals surface area (Å²) in [5.41, 5.74) is 1.76. The third-order valence-electron chi connectivity index (χ3n) is 4.66. The van der Waals surface area contributed by atoms with Crippen molar-refractivity contribution in [2.45, 2.75) is 53.4 Å². The highest BCUT2D eigenvalue weighted by molar-refractivity contribution is 6.04. The highest BCUT2D eigenvalue weighted by Gasteiger charge is 2.07. The molecule has 0 spiro atoms. The van der Waals surface area contributed by atoms with Crippen molar-refractivity contribution in [1.29, 1.82) is 0 Å². The maximum absolute atomic E-state index is 12.4. The van der Waals surface area contributed by atoms with Gasteiger partial charge < -0.3 is 18.9 Å². The molecule has 0 saturated carbocycles. The lowest BCUT2D eigenvalue weighted by Crippen LogP contribution is -2.01. The fourth-order valence-corrected chi connectivity index (χ4v) is 2.98. The molecule has 0 aliphatic rings. The number of hydrogen-bond donors (Lipinski definition) is 0. The molecule has 5 nitrogen and oxygen atoms in total. The Labute approximate surface area is 204 Å². The van der Waals surface area contributed by atoms with Gasteiger partial charge in [-0.3, -0.25) is 4.79 Å². The predicted molar refractivity (Wildman–Crippen MR) is 139 cm³/mol. The van der Waals surface area contributed by atoms with Crippen LogP contribution in [0.25, 0.3) is 12.2 Å². The van der Waals surface area contributed by atoms with Crippen LogP contribution in [0.2, 0.25) is 0 Å². The van der Waals surface area contributed by atoms with Gasteiger partial charge in [0.25, 0.3) is 0 Å². The lowest BCUT2D eigenvalue weighted by atomic mass is 10.1. The third-order valence-corrected chi connectivity index (χ3v) is 4.66. The van der Waals surface area contributed by atoms with E-state index in [0.717, 1.165) is 48.3 Å². The Balaban J connectivity index is 2.09. The van der Waals surface area contributed by atoms with E-state index in [1.807, 2.05) is 36.4 Å². The number of ether oxygens (including phenoxy) is 4. The van der Waals surface area contributed by atoms with Crippen LogP contribution in [0.3, 0.4) is 0 Å². The lowest BCUT2D eigenvalue weighted by Gasteiger charge is -2.12. The van der Waals surface area contributed by atoms with Crippen LogP contribution >= 0.6 is 0 Å². The lowest BCUT2D eigenvalue weighted by molar-refractivity contribution is -0.110. The fourth-order valence-electron chi connectivity index (χ4n) is 2.98. The number of allylic oxidation sites excluding steroid dienone is 2. The van der Waals surface area contributed by atoms with Crippen molar-refractivity contribution in [1.82, 2.24) is 0 Å². The summed E-state index contributed by atoms with van der Waals surface area (Å²) in [5, 5.41) is 0. The topological polar surface area (TPSA) is 54.0 Å². The van der Waals surface area contributed by atoms with Gasteiger partial charge in [-0.15, -0.1) is 0 Å². The molecule has 0 N–H and O–H groups in total. The second-order valence-corrected chi connectivity index (χ2v) is 7.88. The second kappa shape index (κ2) is 15.6. The van der Waals surface area contributed by atoms with Gasteiger partial charge in [0.05, 0.1) is 26.4 Å². The number of carbonyl (C=O) groups excluding carboxylic acids is 1. The standard InChI is InChI=1S/C29H38O5/c1-5-17-31-26-15-11-23(21-28(26)33-19-7-3)9-13-25(30)14-10-24-12-16-27(32-18-6-2)29(22-24)34-20-8-4/h9-16,21-22H,5-8,17-20H2,1-4H3. The molecule has 0 radical (unpaired) electrons. The van der Waals surface area contributed by atoms with E-state index in [0.29, 0.717) is 37.9 Å². The van der Waals surface area contributed by atoms with Crippen molar-refractivity contribution < 1.29 is 23.7 Å². The van der Waals surface area contributed by atoms with Crippen LogP contribution in [0.15, 0.2) is 48.6 Å². The summed E-state index contributed by atoms with van der Waals surface area (Å²) >= 11 is 0. The first-order chi connectivity index (χ1) is 16.6. The molecular formula is C29H38O5. The summed E-state index contributed by atoms with van der Waals surface area (Å²) in [5.74, 6) is 2.75. The molecule has 0 aliphatic carbocycles. The van der Waals surface area contributed by atoms with Gasteiger partial charge in [0.2, 0.25) is 0 Å². The van der Waals surface area contributed by atoms with Crippen LogP contribution in [0, 0.1) is 0 Å². The number of benzene rings is 2. The summed E-state index contributed by atoms with van der Waals surface area (Å²) in [6, 6.07) is 11.4. The van der Waals surface area contributed by atoms with E-state index >= 15 is 0 Å². The van der Waals surface area contributed by atoms with Crippen molar-refractivity contribution in [2.75, 3.05) is 26.4 Å². The molecule has 0 fully saturated rings. The highest BCUT2D eigenvalue weighted by atomic mass is 16.5. The first kappa shape index (κ1) is 27.0. The molecule has 0 aliphatic heterocycles. The van der Waals surface area contributed by atoms with Crippen LogP contribution in [0.4, 0.5) is 0 Å². The Morgan fingerprint density at radius 3 is 1.29 bits per heavy atom. The Bertz CT molecular complexity index is 870. The molecule has 2 aromatic rings. The number of carbonyl (C=O) groups is 1.